The van der Waals surface area contributed by atoms with Crippen molar-refractivity contribution in [2.75, 3.05) is 13.1 Å². The predicted molar refractivity (Wildman–Crippen MR) is 78.2 cm³/mol. The Kier molecular flexibility index (Phi) is 4.18. The van der Waals surface area contributed by atoms with E-state index in [0.29, 0.717) is 12.6 Å². The molecule has 1 aromatic rings. The number of fused-ring (bicyclic) bond motifs is 1. The van der Waals surface area contributed by atoms with Gasteiger partial charge in [0.15, 0.2) is 0 Å². The molecule has 1 aliphatic carbocycles. The first-order valence-corrected chi connectivity index (χ1v) is 9.00. The molecule has 0 bridgehead atoms. The summed E-state index contributed by atoms with van der Waals surface area (Å²) in [4.78, 5) is -0.311. The number of halogens is 4. The third-order valence-electron chi connectivity index (χ3n) is 4.70. The van der Waals surface area contributed by atoms with Crippen LogP contribution in [-0.2, 0) is 16.2 Å². The van der Waals surface area contributed by atoms with Gasteiger partial charge in [-0.3, -0.25) is 0 Å². The number of benzene rings is 1. The number of rotatable bonds is 2. The summed E-state index contributed by atoms with van der Waals surface area (Å²) in [6.45, 7) is 8.47. The van der Waals surface area contributed by atoms with Crippen LogP contribution in [0, 0.1) is 24.7 Å². The molecule has 1 saturated heterocycles. The molecule has 3 atom stereocenters. The minimum atomic E-state index is -4.57. The lowest BCUT2D eigenvalue weighted by Crippen LogP contribution is -2.30. The molecular formula is C15H14ClF3NO2S. The third-order valence-corrected chi connectivity index (χ3v) is 7.01. The normalized spacial score (nSPS) is 29.0. The van der Waals surface area contributed by atoms with E-state index in [4.69, 9.17) is 18.5 Å². The van der Waals surface area contributed by atoms with Gasteiger partial charge in [0.05, 0.1) is 10.6 Å². The van der Waals surface area contributed by atoms with Crippen LogP contribution in [0.25, 0.3) is 0 Å². The second kappa shape index (κ2) is 5.63. The molecule has 0 N–H and O–H groups in total. The highest BCUT2D eigenvalue weighted by Gasteiger charge is 2.45. The van der Waals surface area contributed by atoms with E-state index in [0.717, 1.165) is 25.0 Å². The minimum Gasteiger partial charge on any atom is -0.207 e. The summed E-state index contributed by atoms with van der Waals surface area (Å²) in [5.74, 6) is -0.123. The lowest BCUT2D eigenvalue weighted by molar-refractivity contribution is -0.137. The Morgan fingerprint density at radius 3 is 2.48 bits per heavy atom. The Morgan fingerprint density at radius 1 is 1.22 bits per heavy atom. The Bertz CT molecular complexity index is 720. The average molecular weight is 365 g/mol. The van der Waals surface area contributed by atoms with Crippen molar-refractivity contribution in [1.82, 2.24) is 4.31 Å². The van der Waals surface area contributed by atoms with E-state index in [-0.39, 0.29) is 29.2 Å². The summed E-state index contributed by atoms with van der Waals surface area (Å²) in [5.41, 5.74) is -0.981. The quantitative estimate of drug-likeness (QED) is 0.804. The van der Waals surface area contributed by atoms with Crippen LogP contribution in [0.4, 0.5) is 13.2 Å². The highest BCUT2D eigenvalue weighted by molar-refractivity contribution is 7.89. The van der Waals surface area contributed by atoms with Crippen LogP contribution in [0.15, 0.2) is 23.1 Å². The first-order chi connectivity index (χ1) is 10.6. The molecule has 8 heteroatoms. The summed E-state index contributed by atoms with van der Waals surface area (Å²) in [5, 5.41) is -0.431. The van der Waals surface area contributed by atoms with Gasteiger partial charge in [0, 0.05) is 13.1 Å². The van der Waals surface area contributed by atoms with E-state index in [1.165, 1.54) is 4.31 Å². The van der Waals surface area contributed by atoms with E-state index >= 15 is 0 Å². The van der Waals surface area contributed by atoms with Crippen LogP contribution >= 0.6 is 11.6 Å². The van der Waals surface area contributed by atoms with E-state index in [1.54, 1.807) is 0 Å². The molecule has 3 nitrogen and oxygen atoms in total. The van der Waals surface area contributed by atoms with Crippen molar-refractivity contribution in [2.24, 2.45) is 17.8 Å². The number of hydrogen-bond donors (Lipinski definition) is 0. The van der Waals surface area contributed by atoms with E-state index in [2.05, 4.69) is 0 Å². The first kappa shape index (κ1) is 17.0. The zero-order chi connectivity index (χ0) is 17.0. The predicted octanol–water partition coefficient (Wildman–Crippen LogP) is 3.59. The topological polar surface area (TPSA) is 37.4 Å². The largest absolute Gasteiger partial charge is 0.416 e. The van der Waals surface area contributed by atoms with Crippen molar-refractivity contribution in [3.63, 3.8) is 0 Å². The SMILES string of the molecule is [C][C@H]1CC[C@@H]2CN(S(=O)(=O)c3ccc(C(F)(F)F)cc3Cl)C[C@@H]21. The van der Waals surface area contributed by atoms with Gasteiger partial charge in [-0.2, -0.15) is 17.5 Å². The van der Waals surface area contributed by atoms with Gasteiger partial charge in [-0.05, 0) is 55.7 Å². The molecule has 0 unspecified atom stereocenters. The van der Waals surface area contributed by atoms with Crippen LogP contribution in [0.1, 0.15) is 18.4 Å². The fraction of sp³-hybridized carbons (Fsp3) is 0.533. The van der Waals surface area contributed by atoms with Gasteiger partial charge < -0.3 is 0 Å². The van der Waals surface area contributed by atoms with Crippen molar-refractivity contribution in [3.05, 3.63) is 35.7 Å². The monoisotopic (exact) mass is 364 g/mol. The second-order valence-corrected chi connectivity index (χ2v) is 8.39. The molecule has 1 saturated carbocycles. The molecule has 0 spiro atoms. The molecule has 23 heavy (non-hydrogen) atoms. The van der Waals surface area contributed by atoms with Gasteiger partial charge in [-0.25, -0.2) is 8.42 Å². The lowest BCUT2D eigenvalue weighted by atomic mass is 9.94. The minimum absolute atomic E-state index is 0.00185. The average Bonchev–Trinajstić information content (AvgIpc) is 3.00. The zero-order valence-electron chi connectivity index (χ0n) is 12.0. The summed E-state index contributed by atoms with van der Waals surface area (Å²) in [7, 11) is -3.95. The Morgan fingerprint density at radius 2 is 1.91 bits per heavy atom. The van der Waals surface area contributed by atoms with Gasteiger partial charge in [-0.1, -0.05) is 11.6 Å². The Labute approximate surface area is 138 Å². The van der Waals surface area contributed by atoms with Crippen LogP contribution in [0.3, 0.4) is 0 Å². The molecule has 2 aliphatic rings. The third kappa shape index (κ3) is 2.98. The fourth-order valence-electron chi connectivity index (χ4n) is 3.45. The lowest BCUT2D eigenvalue weighted by Gasteiger charge is -2.19. The Hall–Kier alpha value is -0.790. The summed E-state index contributed by atoms with van der Waals surface area (Å²) >= 11 is 5.80. The van der Waals surface area contributed by atoms with E-state index < -0.39 is 26.8 Å². The van der Waals surface area contributed by atoms with Gasteiger partial charge in [0.1, 0.15) is 4.90 Å². The summed E-state index contributed by atoms with van der Waals surface area (Å²) in [6, 6.07) is 2.27. The van der Waals surface area contributed by atoms with Crippen LogP contribution in [0.5, 0.6) is 0 Å². The molecule has 1 heterocycles. The van der Waals surface area contributed by atoms with E-state index in [1.807, 2.05) is 0 Å². The molecule has 3 rings (SSSR count). The maximum Gasteiger partial charge on any atom is 0.416 e. The highest BCUT2D eigenvalue weighted by atomic mass is 35.5. The Balaban J connectivity index is 1.89. The summed E-state index contributed by atoms with van der Waals surface area (Å²) in [6.07, 6.45) is -3.00. The first-order valence-electron chi connectivity index (χ1n) is 7.18. The van der Waals surface area contributed by atoms with Crippen molar-refractivity contribution in [2.45, 2.75) is 23.9 Å². The second-order valence-electron chi connectivity index (χ2n) is 6.07. The molecule has 2 fully saturated rings. The highest BCUT2D eigenvalue weighted by Crippen LogP contribution is 2.44. The van der Waals surface area contributed by atoms with Gasteiger partial charge >= 0.3 is 6.18 Å². The van der Waals surface area contributed by atoms with E-state index in [9.17, 15) is 21.6 Å². The van der Waals surface area contributed by atoms with Gasteiger partial charge in [-0.15, -0.1) is 0 Å². The maximum atomic E-state index is 12.7. The molecule has 0 amide bonds. The fourth-order valence-corrected chi connectivity index (χ4v) is 5.50. The molecule has 1 aromatic carbocycles. The molecule has 0 aromatic heterocycles. The van der Waals surface area contributed by atoms with Crippen molar-refractivity contribution >= 4 is 21.6 Å². The molecular weight excluding hydrogens is 351 g/mol. The number of nitrogens with zero attached hydrogens (tertiary/aromatic N) is 1. The number of hydrogen-bond acceptors (Lipinski definition) is 2. The van der Waals surface area contributed by atoms with Crippen LogP contribution in [0.2, 0.25) is 5.02 Å². The number of sulfonamides is 1. The van der Waals surface area contributed by atoms with Crippen molar-refractivity contribution in [1.29, 1.82) is 0 Å². The smallest absolute Gasteiger partial charge is 0.207 e. The number of alkyl halides is 3. The standard InChI is InChI=1S/C15H14ClF3NO2S/c1-9-2-3-10-7-20(8-12(9)10)23(21,22)14-5-4-11(6-13(14)16)15(17,18)19/h4-6,9-10,12H,2-3,7-8H2/t9-,10+,12+/m0/s1. The van der Waals surface area contributed by atoms with Gasteiger partial charge in [0.25, 0.3) is 0 Å². The maximum absolute atomic E-state index is 12.7. The van der Waals surface area contributed by atoms with Crippen LogP contribution < -0.4 is 0 Å². The summed E-state index contributed by atoms with van der Waals surface area (Å²) < 4.78 is 64.5. The molecule has 125 valence electrons. The van der Waals surface area contributed by atoms with Gasteiger partial charge in [0.2, 0.25) is 10.0 Å². The van der Waals surface area contributed by atoms with Crippen molar-refractivity contribution < 1.29 is 21.6 Å². The van der Waals surface area contributed by atoms with Crippen molar-refractivity contribution in [3.8, 4) is 0 Å². The van der Waals surface area contributed by atoms with Crippen LogP contribution in [-0.4, -0.2) is 25.8 Å². The molecule has 3 radical (unpaired) electrons. The zero-order valence-corrected chi connectivity index (χ0v) is 13.5. The molecule has 1 aliphatic heterocycles.